The van der Waals surface area contributed by atoms with Gasteiger partial charge in [-0.3, -0.25) is 4.79 Å². The van der Waals surface area contributed by atoms with E-state index < -0.39 is 0 Å². The molecule has 4 heterocycles. The molecular weight excluding hydrogens is 402 g/mol. The molecule has 32 heavy (non-hydrogen) atoms. The van der Waals surface area contributed by atoms with Crippen LogP contribution < -0.4 is 4.90 Å². The summed E-state index contributed by atoms with van der Waals surface area (Å²) in [7, 11) is 0. The molecule has 1 fully saturated rings. The van der Waals surface area contributed by atoms with Gasteiger partial charge in [-0.2, -0.15) is 10.4 Å². The fraction of sp³-hybridized carbons (Fsp3) is 0.208. The SMILES string of the molecule is N#Cc1cccnc1N1CCN(C(=O)c2cnc3c(cnn3Cc3ccccc3)c2)CC1. The van der Waals surface area contributed by atoms with E-state index in [1.807, 2.05) is 33.8 Å². The molecule has 8 nitrogen and oxygen atoms in total. The first-order valence-corrected chi connectivity index (χ1v) is 10.5. The lowest BCUT2D eigenvalue weighted by molar-refractivity contribution is 0.0746. The van der Waals surface area contributed by atoms with E-state index in [9.17, 15) is 10.1 Å². The quantitative estimate of drug-likeness (QED) is 0.501. The molecule has 158 valence electrons. The van der Waals surface area contributed by atoms with Crippen molar-refractivity contribution in [1.29, 1.82) is 5.26 Å². The number of nitriles is 1. The Morgan fingerprint density at radius 3 is 2.59 bits per heavy atom. The number of rotatable bonds is 4. The van der Waals surface area contributed by atoms with Gasteiger partial charge in [0.05, 0.1) is 23.9 Å². The Morgan fingerprint density at radius 1 is 1.00 bits per heavy atom. The fourth-order valence-electron chi connectivity index (χ4n) is 4.00. The van der Waals surface area contributed by atoms with Crippen LogP contribution in [0, 0.1) is 11.3 Å². The minimum atomic E-state index is -0.0450. The van der Waals surface area contributed by atoms with Crippen molar-refractivity contribution in [1.82, 2.24) is 24.6 Å². The van der Waals surface area contributed by atoms with Gasteiger partial charge in [0.25, 0.3) is 5.91 Å². The largest absolute Gasteiger partial charge is 0.352 e. The molecule has 1 aromatic carbocycles. The summed E-state index contributed by atoms with van der Waals surface area (Å²) >= 11 is 0. The van der Waals surface area contributed by atoms with Crippen LogP contribution in [0.1, 0.15) is 21.5 Å². The van der Waals surface area contributed by atoms with Gasteiger partial charge in [0.15, 0.2) is 5.65 Å². The number of pyridine rings is 2. The molecule has 0 N–H and O–H groups in total. The van der Waals surface area contributed by atoms with E-state index in [4.69, 9.17) is 0 Å². The molecule has 1 aliphatic heterocycles. The van der Waals surface area contributed by atoms with E-state index in [1.54, 1.807) is 30.7 Å². The van der Waals surface area contributed by atoms with E-state index in [-0.39, 0.29) is 5.91 Å². The lowest BCUT2D eigenvalue weighted by Crippen LogP contribution is -2.49. The number of hydrogen-bond donors (Lipinski definition) is 0. The summed E-state index contributed by atoms with van der Waals surface area (Å²) < 4.78 is 1.84. The van der Waals surface area contributed by atoms with Gasteiger partial charge in [-0.1, -0.05) is 30.3 Å². The number of nitrogens with zero attached hydrogens (tertiary/aromatic N) is 7. The summed E-state index contributed by atoms with van der Waals surface area (Å²) in [6, 6.07) is 17.7. The second-order valence-corrected chi connectivity index (χ2v) is 7.69. The first-order chi connectivity index (χ1) is 15.7. The van der Waals surface area contributed by atoms with Crippen LogP contribution in [0.4, 0.5) is 5.82 Å². The van der Waals surface area contributed by atoms with Crippen molar-refractivity contribution < 1.29 is 4.79 Å². The highest BCUT2D eigenvalue weighted by atomic mass is 16.2. The molecule has 0 unspecified atom stereocenters. The number of anilines is 1. The van der Waals surface area contributed by atoms with Gasteiger partial charge in [0.1, 0.15) is 11.9 Å². The molecule has 5 rings (SSSR count). The molecule has 0 saturated carbocycles. The summed E-state index contributed by atoms with van der Waals surface area (Å²) in [5.41, 5.74) is 3.01. The Hall–Kier alpha value is -4.25. The summed E-state index contributed by atoms with van der Waals surface area (Å²) in [5.74, 6) is 0.632. The van der Waals surface area contributed by atoms with Gasteiger partial charge < -0.3 is 9.80 Å². The molecule has 0 spiro atoms. The number of aromatic nitrogens is 4. The zero-order chi connectivity index (χ0) is 21.9. The number of hydrogen-bond acceptors (Lipinski definition) is 6. The highest BCUT2D eigenvalue weighted by Crippen LogP contribution is 2.20. The lowest BCUT2D eigenvalue weighted by Gasteiger charge is -2.35. The minimum absolute atomic E-state index is 0.0450. The smallest absolute Gasteiger partial charge is 0.255 e. The van der Waals surface area contributed by atoms with Gasteiger partial charge in [0.2, 0.25) is 0 Å². The van der Waals surface area contributed by atoms with E-state index in [0.29, 0.717) is 49.7 Å². The second kappa shape index (κ2) is 8.47. The van der Waals surface area contributed by atoms with Crippen LogP contribution in [0.2, 0.25) is 0 Å². The standard InChI is InChI=1S/C24H21N7O/c25-14-19-7-4-8-26-22(19)29-9-11-30(12-10-29)24(32)21-13-20-16-28-31(23(20)27-15-21)17-18-5-2-1-3-6-18/h1-8,13,15-16H,9-12,17H2. The monoisotopic (exact) mass is 423 g/mol. The third-order valence-corrected chi connectivity index (χ3v) is 5.67. The maximum atomic E-state index is 13.1. The van der Waals surface area contributed by atoms with Crippen molar-refractivity contribution in [2.75, 3.05) is 31.1 Å². The molecule has 1 saturated heterocycles. The van der Waals surface area contributed by atoms with Gasteiger partial charge in [-0.05, 0) is 23.8 Å². The number of piperazine rings is 1. The number of carbonyl (C=O) groups excluding carboxylic acids is 1. The highest BCUT2D eigenvalue weighted by molar-refractivity contribution is 5.97. The van der Waals surface area contributed by atoms with Crippen molar-refractivity contribution in [2.45, 2.75) is 6.54 Å². The Bertz CT molecular complexity index is 1300. The predicted octanol–water partition coefficient (Wildman–Crippen LogP) is 2.71. The normalized spacial score (nSPS) is 13.8. The minimum Gasteiger partial charge on any atom is -0.352 e. The average molecular weight is 423 g/mol. The molecule has 1 aliphatic rings. The first kappa shape index (κ1) is 19.7. The Balaban J connectivity index is 1.29. The predicted molar refractivity (Wildman–Crippen MR) is 120 cm³/mol. The maximum Gasteiger partial charge on any atom is 0.255 e. The molecule has 3 aromatic heterocycles. The summed E-state index contributed by atoms with van der Waals surface area (Å²) in [6.07, 6.45) is 5.07. The van der Waals surface area contributed by atoms with Crippen LogP contribution in [-0.4, -0.2) is 56.7 Å². The number of amides is 1. The third-order valence-electron chi connectivity index (χ3n) is 5.67. The van der Waals surface area contributed by atoms with Crippen molar-refractivity contribution in [3.8, 4) is 6.07 Å². The summed E-state index contributed by atoms with van der Waals surface area (Å²) in [4.78, 5) is 25.8. The number of carbonyl (C=O) groups is 1. The Morgan fingerprint density at radius 2 is 1.81 bits per heavy atom. The highest BCUT2D eigenvalue weighted by Gasteiger charge is 2.24. The fourth-order valence-corrected chi connectivity index (χ4v) is 4.00. The van der Waals surface area contributed by atoms with Gasteiger partial charge in [0, 0.05) is 44.0 Å². The van der Waals surface area contributed by atoms with E-state index in [1.165, 1.54) is 0 Å². The summed E-state index contributed by atoms with van der Waals surface area (Å²) in [5, 5.41) is 14.6. The molecule has 0 aliphatic carbocycles. The molecule has 0 radical (unpaired) electrons. The third kappa shape index (κ3) is 3.76. The van der Waals surface area contributed by atoms with Gasteiger partial charge >= 0.3 is 0 Å². The number of fused-ring (bicyclic) bond motifs is 1. The van der Waals surface area contributed by atoms with Crippen molar-refractivity contribution >= 4 is 22.8 Å². The maximum absolute atomic E-state index is 13.1. The van der Waals surface area contributed by atoms with Crippen LogP contribution in [0.15, 0.2) is 67.1 Å². The zero-order valence-electron chi connectivity index (χ0n) is 17.4. The lowest BCUT2D eigenvalue weighted by atomic mass is 10.2. The van der Waals surface area contributed by atoms with Crippen molar-refractivity contribution in [2.24, 2.45) is 0 Å². The van der Waals surface area contributed by atoms with Crippen molar-refractivity contribution in [3.05, 3.63) is 83.8 Å². The Kier molecular flexibility index (Phi) is 5.22. The van der Waals surface area contributed by atoms with Crippen LogP contribution >= 0.6 is 0 Å². The van der Waals surface area contributed by atoms with Crippen LogP contribution in [0.25, 0.3) is 11.0 Å². The van der Waals surface area contributed by atoms with Crippen LogP contribution in [0.5, 0.6) is 0 Å². The van der Waals surface area contributed by atoms with Gasteiger partial charge in [-0.25, -0.2) is 14.6 Å². The van der Waals surface area contributed by atoms with E-state index in [0.717, 1.165) is 16.6 Å². The molecule has 0 bridgehead atoms. The van der Waals surface area contributed by atoms with E-state index >= 15 is 0 Å². The van der Waals surface area contributed by atoms with Crippen LogP contribution in [-0.2, 0) is 6.54 Å². The first-order valence-electron chi connectivity index (χ1n) is 10.5. The van der Waals surface area contributed by atoms with Crippen LogP contribution in [0.3, 0.4) is 0 Å². The molecule has 4 aromatic rings. The topological polar surface area (TPSA) is 90.9 Å². The van der Waals surface area contributed by atoms with Gasteiger partial charge in [-0.15, -0.1) is 0 Å². The molecule has 0 atom stereocenters. The molecule has 8 heteroatoms. The molecule has 1 amide bonds. The Labute approximate surface area is 185 Å². The zero-order valence-corrected chi connectivity index (χ0v) is 17.4. The average Bonchev–Trinajstić information content (AvgIpc) is 3.26. The molecular formula is C24H21N7O. The van der Waals surface area contributed by atoms with Crippen molar-refractivity contribution in [3.63, 3.8) is 0 Å². The van der Waals surface area contributed by atoms with E-state index in [2.05, 4.69) is 38.2 Å². The second-order valence-electron chi connectivity index (χ2n) is 7.69. The number of benzene rings is 1. The summed E-state index contributed by atoms with van der Waals surface area (Å²) in [6.45, 7) is 3.01.